The number of hydrogen-bond donors (Lipinski definition) is 2. The fourth-order valence-electron chi connectivity index (χ4n) is 3.91. The molecule has 1 heterocycles. The molecule has 0 aliphatic carbocycles. The van der Waals surface area contributed by atoms with E-state index < -0.39 is 6.04 Å². The van der Waals surface area contributed by atoms with Crippen molar-refractivity contribution in [1.82, 2.24) is 14.9 Å². The van der Waals surface area contributed by atoms with Gasteiger partial charge in [-0.3, -0.25) is 9.59 Å². The maximum Gasteiger partial charge on any atom is 0.253 e. The Labute approximate surface area is 197 Å². The summed E-state index contributed by atoms with van der Waals surface area (Å²) in [7, 11) is 0. The van der Waals surface area contributed by atoms with Gasteiger partial charge in [0.25, 0.3) is 5.91 Å². The van der Waals surface area contributed by atoms with Crippen LogP contribution in [-0.4, -0.2) is 21.4 Å². The van der Waals surface area contributed by atoms with Crippen LogP contribution in [0.5, 0.6) is 0 Å². The SMILES string of the molecule is Cc1cccc(C)c1NC(=O)Cn1c(C(C)NC(=O)c2ccccc2Cl)nc2ccccc21. The average Bonchev–Trinajstić information content (AvgIpc) is 3.15. The smallest absolute Gasteiger partial charge is 0.253 e. The maximum atomic E-state index is 13.0. The molecule has 0 spiro atoms. The largest absolute Gasteiger partial charge is 0.342 e. The summed E-state index contributed by atoms with van der Waals surface area (Å²) in [4.78, 5) is 30.5. The quantitative estimate of drug-likeness (QED) is 0.402. The van der Waals surface area contributed by atoms with E-state index in [0.29, 0.717) is 16.4 Å². The number of para-hydroxylation sites is 3. The number of aryl methyl sites for hydroxylation is 2. The number of rotatable bonds is 6. The Balaban J connectivity index is 1.62. The monoisotopic (exact) mass is 460 g/mol. The number of carbonyl (C=O) groups excluding carboxylic acids is 2. The molecule has 1 atom stereocenters. The molecule has 0 fully saturated rings. The molecule has 0 radical (unpaired) electrons. The van der Waals surface area contributed by atoms with E-state index in [1.807, 2.05) is 67.8 Å². The van der Waals surface area contributed by atoms with Crippen molar-refractivity contribution in [2.24, 2.45) is 0 Å². The van der Waals surface area contributed by atoms with Crippen molar-refractivity contribution in [2.45, 2.75) is 33.4 Å². The molecule has 2 amide bonds. The lowest BCUT2D eigenvalue weighted by Crippen LogP contribution is -2.30. The van der Waals surface area contributed by atoms with Gasteiger partial charge in [-0.25, -0.2) is 4.98 Å². The van der Waals surface area contributed by atoms with Gasteiger partial charge in [0.2, 0.25) is 5.91 Å². The zero-order valence-corrected chi connectivity index (χ0v) is 19.5. The number of fused-ring (bicyclic) bond motifs is 1. The third-order valence-electron chi connectivity index (χ3n) is 5.58. The van der Waals surface area contributed by atoms with Gasteiger partial charge in [-0.2, -0.15) is 0 Å². The Morgan fingerprint density at radius 1 is 0.970 bits per heavy atom. The van der Waals surface area contributed by atoms with E-state index in [2.05, 4.69) is 10.6 Å². The Hall–Kier alpha value is -3.64. The normalized spacial score (nSPS) is 11.9. The molecular formula is C26H25ClN4O2. The van der Waals surface area contributed by atoms with Crippen LogP contribution < -0.4 is 10.6 Å². The average molecular weight is 461 g/mol. The minimum atomic E-state index is -0.450. The molecule has 4 rings (SSSR count). The van der Waals surface area contributed by atoms with Crippen LogP contribution in [0.25, 0.3) is 11.0 Å². The van der Waals surface area contributed by atoms with E-state index in [0.717, 1.165) is 27.8 Å². The fraction of sp³-hybridized carbons (Fsp3) is 0.192. The molecule has 0 saturated carbocycles. The second-order valence-electron chi connectivity index (χ2n) is 8.03. The molecule has 0 aliphatic heterocycles. The van der Waals surface area contributed by atoms with Crippen molar-refractivity contribution < 1.29 is 9.59 Å². The number of hydrogen-bond acceptors (Lipinski definition) is 3. The molecule has 168 valence electrons. The van der Waals surface area contributed by atoms with Gasteiger partial charge in [0.1, 0.15) is 12.4 Å². The van der Waals surface area contributed by atoms with Gasteiger partial charge >= 0.3 is 0 Å². The lowest BCUT2D eigenvalue weighted by atomic mass is 10.1. The van der Waals surface area contributed by atoms with E-state index in [9.17, 15) is 9.59 Å². The summed E-state index contributed by atoms with van der Waals surface area (Å²) >= 11 is 6.18. The third-order valence-corrected chi connectivity index (χ3v) is 5.91. The van der Waals surface area contributed by atoms with Crippen LogP contribution in [0.3, 0.4) is 0 Å². The van der Waals surface area contributed by atoms with Crippen molar-refractivity contribution in [1.29, 1.82) is 0 Å². The zero-order valence-electron chi connectivity index (χ0n) is 18.7. The number of aromatic nitrogens is 2. The van der Waals surface area contributed by atoms with E-state index in [1.165, 1.54) is 0 Å². The molecule has 2 N–H and O–H groups in total. The molecule has 0 bridgehead atoms. The predicted octanol–water partition coefficient (Wildman–Crippen LogP) is 5.44. The highest BCUT2D eigenvalue weighted by Gasteiger charge is 2.21. The highest BCUT2D eigenvalue weighted by Crippen LogP contribution is 2.24. The maximum absolute atomic E-state index is 13.0. The number of halogens is 1. The Kier molecular flexibility index (Phi) is 6.47. The summed E-state index contributed by atoms with van der Waals surface area (Å²) in [5, 5.41) is 6.37. The van der Waals surface area contributed by atoms with Crippen LogP contribution in [0.2, 0.25) is 5.02 Å². The number of benzene rings is 3. The zero-order chi connectivity index (χ0) is 23.5. The number of amides is 2. The van der Waals surface area contributed by atoms with E-state index in [4.69, 9.17) is 16.6 Å². The summed E-state index contributed by atoms with van der Waals surface area (Å²) in [5.41, 5.74) is 4.78. The first-order valence-electron chi connectivity index (χ1n) is 10.7. The molecule has 3 aromatic carbocycles. The fourth-order valence-corrected chi connectivity index (χ4v) is 4.13. The van der Waals surface area contributed by atoms with Gasteiger partial charge in [-0.1, -0.05) is 54.1 Å². The van der Waals surface area contributed by atoms with Gasteiger partial charge < -0.3 is 15.2 Å². The van der Waals surface area contributed by atoms with Gasteiger partial charge in [0.05, 0.1) is 27.7 Å². The van der Waals surface area contributed by atoms with Crippen molar-refractivity contribution in [3.63, 3.8) is 0 Å². The Morgan fingerprint density at radius 2 is 1.64 bits per heavy atom. The third kappa shape index (κ3) is 4.76. The molecule has 1 aromatic heterocycles. The molecule has 7 heteroatoms. The van der Waals surface area contributed by atoms with E-state index >= 15 is 0 Å². The topological polar surface area (TPSA) is 76.0 Å². The first-order valence-corrected chi connectivity index (χ1v) is 11.1. The number of nitrogens with zero attached hydrogens (tertiary/aromatic N) is 2. The summed E-state index contributed by atoms with van der Waals surface area (Å²) in [6.45, 7) is 5.84. The van der Waals surface area contributed by atoms with Gasteiger partial charge in [-0.05, 0) is 56.2 Å². The van der Waals surface area contributed by atoms with Crippen LogP contribution in [0.4, 0.5) is 5.69 Å². The second-order valence-corrected chi connectivity index (χ2v) is 8.44. The standard InChI is InChI=1S/C26H25ClN4O2/c1-16-9-8-10-17(2)24(16)30-23(32)15-31-22-14-7-6-13-21(22)29-25(31)18(3)28-26(33)19-11-4-5-12-20(19)27/h4-14,18H,15H2,1-3H3,(H,28,33)(H,30,32). The predicted molar refractivity (Wildman–Crippen MR) is 132 cm³/mol. The highest BCUT2D eigenvalue weighted by atomic mass is 35.5. The van der Waals surface area contributed by atoms with Crippen LogP contribution in [0.15, 0.2) is 66.7 Å². The Morgan fingerprint density at radius 3 is 2.36 bits per heavy atom. The highest BCUT2D eigenvalue weighted by molar-refractivity contribution is 6.33. The summed E-state index contributed by atoms with van der Waals surface area (Å²) in [5.74, 6) is 0.126. The molecule has 1 unspecified atom stereocenters. The summed E-state index contributed by atoms with van der Waals surface area (Å²) in [6, 6.07) is 19.9. The van der Waals surface area contributed by atoms with Crippen molar-refractivity contribution in [3.05, 3.63) is 94.3 Å². The second kappa shape index (κ2) is 9.46. The number of imidazole rings is 1. The van der Waals surface area contributed by atoms with Crippen LogP contribution in [-0.2, 0) is 11.3 Å². The lowest BCUT2D eigenvalue weighted by Gasteiger charge is -2.17. The Bertz CT molecular complexity index is 1330. The summed E-state index contributed by atoms with van der Waals surface area (Å²) < 4.78 is 1.84. The van der Waals surface area contributed by atoms with Gasteiger partial charge in [-0.15, -0.1) is 0 Å². The number of carbonyl (C=O) groups is 2. The molecule has 0 aliphatic rings. The van der Waals surface area contributed by atoms with Gasteiger partial charge in [0, 0.05) is 5.69 Å². The van der Waals surface area contributed by atoms with Crippen molar-refractivity contribution in [2.75, 3.05) is 5.32 Å². The van der Waals surface area contributed by atoms with Crippen LogP contribution in [0.1, 0.15) is 40.3 Å². The van der Waals surface area contributed by atoms with E-state index in [-0.39, 0.29) is 18.4 Å². The van der Waals surface area contributed by atoms with E-state index in [1.54, 1.807) is 24.3 Å². The molecule has 0 saturated heterocycles. The summed E-state index contributed by atoms with van der Waals surface area (Å²) in [6.07, 6.45) is 0. The molecule has 33 heavy (non-hydrogen) atoms. The minimum absolute atomic E-state index is 0.0654. The first kappa shape index (κ1) is 22.6. The van der Waals surface area contributed by atoms with Crippen LogP contribution >= 0.6 is 11.6 Å². The molecule has 4 aromatic rings. The molecule has 6 nitrogen and oxygen atoms in total. The van der Waals surface area contributed by atoms with Crippen LogP contribution in [0, 0.1) is 13.8 Å². The number of nitrogens with one attached hydrogen (secondary N) is 2. The molecular weight excluding hydrogens is 436 g/mol. The van der Waals surface area contributed by atoms with Gasteiger partial charge in [0.15, 0.2) is 0 Å². The number of anilines is 1. The first-order chi connectivity index (χ1) is 15.8. The van der Waals surface area contributed by atoms with Crippen molar-refractivity contribution in [3.8, 4) is 0 Å². The lowest BCUT2D eigenvalue weighted by molar-refractivity contribution is -0.116. The van der Waals surface area contributed by atoms with Crippen molar-refractivity contribution >= 4 is 40.1 Å². The minimum Gasteiger partial charge on any atom is -0.342 e.